The minimum absolute atomic E-state index is 0.0392. The number of hydrogen-bond donors (Lipinski definition) is 3. The summed E-state index contributed by atoms with van der Waals surface area (Å²) >= 11 is 0. The zero-order chi connectivity index (χ0) is 19.5. The van der Waals surface area contributed by atoms with Crippen molar-refractivity contribution >= 4 is 5.97 Å². The maximum Gasteiger partial charge on any atom is 0.303 e. The lowest BCUT2D eigenvalue weighted by Crippen LogP contribution is -2.22. The van der Waals surface area contributed by atoms with Gasteiger partial charge in [0.05, 0.1) is 6.10 Å². The number of carboxylic acid groups (broad SMARTS) is 1. The molecule has 0 aliphatic heterocycles. The molecule has 1 rings (SSSR count). The fourth-order valence-corrected chi connectivity index (χ4v) is 3.34. The fraction of sp³-hybridized carbons (Fsp3) is 0.750. The van der Waals surface area contributed by atoms with Crippen LogP contribution in [0.15, 0.2) is 24.3 Å². The van der Waals surface area contributed by atoms with E-state index in [2.05, 4.69) is 0 Å². The van der Waals surface area contributed by atoms with Gasteiger partial charge in [0.1, 0.15) is 18.4 Å². The zero-order valence-corrected chi connectivity index (χ0v) is 15.4. The normalized spacial score (nSPS) is 28.8. The molecule has 0 heterocycles. The summed E-state index contributed by atoms with van der Waals surface area (Å²) in [6.07, 6.45) is 5.49. The first kappa shape index (κ1) is 22.8. The minimum Gasteiger partial charge on any atom is -0.481 e. The van der Waals surface area contributed by atoms with Crippen LogP contribution in [0.25, 0.3) is 0 Å². The number of carboxylic acids is 1. The third-order valence-electron chi connectivity index (χ3n) is 4.94. The number of aliphatic hydroxyl groups excluding tert-OH is 2. The average Bonchev–Trinajstić information content (AvgIpc) is 2.86. The molecule has 1 aliphatic carbocycles. The minimum atomic E-state index is -1.35. The average molecular weight is 374 g/mol. The number of aliphatic carboxylic acids is 1. The van der Waals surface area contributed by atoms with E-state index in [1.54, 1.807) is 6.08 Å². The van der Waals surface area contributed by atoms with E-state index in [9.17, 15) is 23.8 Å². The number of hydrogen-bond acceptors (Lipinski definition) is 3. The fourth-order valence-electron chi connectivity index (χ4n) is 3.34. The van der Waals surface area contributed by atoms with Crippen molar-refractivity contribution in [2.24, 2.45) is 11.8 Å². The van der Waals surface area contributed by atoms with Crippen molar-refractivity contribution in [3.8, 4) is 0 Å². The Kier molecular flexibility index (Phi) is 10.7. The van der Waals surface area contributed by atoms with Gasteiger partial charge in [0, 0.05) is 24.7 Å². The standard InChI is InChI=1S/C20H32F2O4/c1-2-3-9-16(21)18(23)12-11-15-14(17(22)13-19(15)24)8-6-4-5-7-10-20(25)26/h4,6,11-12,14-19,23-24H,2-3,5,7-10,13H2,1H3,(H,25,26)/t14-,15-,16?,17-,18-,19-/m1/s1. The molecule has 6 atom stereocenters. The summed E-state index contributed by atoms with van der Waals surface area (Å²) in [7, 11) is 0. The van der Waals surface area contributed by atoms with Crippen LogP contribution in [-0.4, -0.2) is 45.8 Å². The van der Waals surface area contributed by atoms with Crippen LogP contribution in [0.4, 0.5) is 8.78 Å². The number of rotatable bonds is 12. The topological polar surface area (TPSA) is 77.8 Å². The number of allylic oxidation sites excluding steroid dienone is 2. The van der Waals surface area contributed by atoms with Crippen molar-refractivity contribution in [1.82, 2.24) is 0 Å². The molecule has 1 fully saturated rings. The van der Waals surface area contributed by atoms with Crippen LogP contribution in [0.2, 0.25) is 0 Å². The third kappa shape index (κ3) is 7.96. The van der Waals surface area contributed by atoms with Crippen molar-refractivity contribution in [3.63, 3.8) is 0 Å². The number of carbonyl (C=O) groups is 1. The Morgan fingerprint density at radius 2 is 2.04 bits per heavy atom. The summed E-state index contributed by atoms with van der Waals surface area (Å²) in [6, 6.07) is 0. The Balaban J connectivity index is 2.54. The molecule has 0 aromatic carbocycles. The van der Waals surface area contributed by atoms with Gasteiger partial charge in [-0.05, 0) is 25.7 Å². The molecule has 0 amide bonds. The predicted molar refractivity (Wildman–Crippen MR) is 97.3 cm³/mol. The van der Waals surface area contributed by atoms with E-state index in [0.29, 0.717) is 25.7 Å². The first-order chi connectivity index (χ1) is 12.4. The number of unbranched alkanes of at least 4 members (excludes halogenated alkanes) is 2. The predicted octanol–water partition coefficient (Wildman–Crippen LogP) is 3.97. The maximum atomic E-state index is 14.2. The monoisotopic (exact) mass is 374 g/mol. The molecule has 0 bridgehead atoms. The van der Waals surface area contributed by atoms with E-state index in [4.69, 9.17) is 5.11 Å². The van der Waals surface area contributed by atoms with E-state index in [0.717, 1.165) is 6.42 Å². The molecule has 0 saturated heterocycles. The molecule has 0 aromatic heterocycles. The van der Waals surface area contributed by atoms with Crippen LogP contribution >= 0.6 is 0 Å². The van der Waals surface area contributed by atoms with Crippen molar-refractivity contribution < 1.29 is 28.9 Å². The lowest BCUT2D eigenvalue weighted by molar-refractivity contribution is -0.137. The van der Waals surface area contributed by atoms with E-state index in [-0.39, 0.29) is 19.3 Å². The van der Waals surface area contributed by atoms with E-state index >= 15 is 0 Å². The van der Waals surface area contributed by atoms with Crippen molar-refractivity contribution in [1.29, 1.82) is 0 Å². The SMILES string of the molecule is CCCCC(F)[C@H](O)C=C[C@@H]1[C@@H](CC=CCCCC(=O)O)[C@H](F)C[C@H]1O. The lowest BCUT2D eigenvalue weighted by atomic mass is 9.89. The highest BCUT2D eigenvalue weighted by atomic mass is 19.1. The second-order valence-electron chi connectivity index (χ2n) is 7.09. The number of halogens is 2. The molecule has 1 aliphatic rings. The largest absolute Gasteiger partial charge is 0.481 e. The summed E-state index contributed by atoms with van der Waals surface area (Å²) < 4.78 is 28.0. The van der Waals surface area contributed by atoms with Gasteiger partial charge in [0.25, 0.3) is 0 Å². The van der Waals surface area contributed by atoms with Crippen molar-refractivity contribution in [3.05, 3.63) is 24.3 Å². The van der Waals surface area contributed by atoms with Gasteiger partial charge in [-0.2, -0.15) is 0 Å². The van der Waals surface area contributed by atoms with Gasteiger partial charge in [-0.25, -0.2) is 8.78 Å². The van der Waals surface area contributed by atoms with Crippen LogP contribution in [0.5, 0.6) is 0 Å². The van der Waals surface area contributed by atoms with Gasteiger partial charge in [-0.3, -0.25) is 4.79 Å². The van der Waals surface area contributed by atoms with Crippen LogP contribution in [0.1, 0.15) is 58.3 Å². The van der Waals surface area contributed by atoms with Gasteiger partial charge in [-0.15, -0.1) is 0 Å². The van der Waals surface area contributed by atoms with Crippen LogP contribution in [0, 0.1) is 11.8 Å². The quantitative estimate of drug-likeness (QED) is 0.357. The Bertz CT molecular complexity index is 467. The van der Waals surface area contributed by atoms with E-state index < -0.39 is 42.4 Å². The van der Waals surface area contributed by atoms with Crippen molar-refractivity contribution in [2.75, 3.05) is 0 Å². The van der Waals surface area contributed by atoms with Crippen LogP contribution in [0.3, 0.4) is 0 Å². The highest BCUT2D eigenvalue weighted by molar-refractivity contribution is 5.66. The highest BCUT2D eigenvalue weighted by Gasteiger charge is 2.40. The summed E-state index contributed by atoms with van der Waals surface area (Å²) in [4.78, 5) is 10.4. The smallest absolute Gasteiger partial charge is 0.303 e. The summed E-state index contributed by atoms with van der Waals surface area (Å²) in [5.74, 6) is -1.71. The van der Waals surface area contributed by atoms with Gasteiger partial charge >= 0.3 is 5.97 Å². The van der Waals surface area contributed by atoms with Crippen molar-refractivity contribution in [2.45, 2.75) is 82.8 Å². The second-order valence-corrected chi connectivity index (χ2v) is 7.09. The molecule has 6 heteroatoms. The molecule has 0 aromatic rings. The summed E-state index contributed by atoms with van der Waals surface area (Å²) in [5, 5.41) is 28.5. The second kappa shape index (κ2) is 12.2. The molecular formula is C20H32F2O4. The van der Waals surface area contributed by atoms with Gasteiger partial charge in [0.15, 0.2) is 0 Å². The molecule has 1 unspecified atom stereocenters. The van der Waals surface area contributed by atoms with Gasteiger partial charge in [0.2, 0.25) is 0 Å². The van der Waals surface area contributed by atoms with E-state index in [1.165, 1.54) is 6.08 Å². The Morgan fingerprint density at radius 3 is 2.69 bits per heavy atom. The molecule has 0 radical (unpaired) electrons. The first-order valence-electron chi connectivity index (χ1n) is 9.56. The molecule has 0 spiro atoms. The number of aliphatic hydroxyl groups is 2. The lowest BCUT2D eigenvalue weighted by Gasteiger charge is -2.19. The number of alkyl halides is 2. The highest BCUT2D eigenvalue weighted by Crippen LogP contribution is 2.38. The molecule has 150 valence electrons. The van der Waals surface area contributed by atoms with E-state index in [1.807, 2.05) is 19.1 Å². The Hall–Kier alpha value is -1.27. The van der Waals surface area contributed by atoms with Crippen LogP contribution in [-0.2, 0) is 4.79 Å². The Labute approximate surface area is 154 Å². The molecule has 4 nitrogen and oxygen atoms in total. The van der Waals surface area contributed by atoms with Crippen LogP contribution < -0.4 is 0 Å². The maximum absolute atomic E-state index is 14.2. The third-order valence-corrected chi connectivity index (χ3v) is 4.94. The first-order valence-corrected chi connectivity index (χ1v) is 9.56. The zero-order valence-electron chi connectivity index (χ0n) is 15.4. The summed E-state index contributed by atoms with van der Waals surface area (Å²) in [5.41, 5.74) is 0. The summed E-state index contributed by atoms with van der Waals surface area (Å²) in [6.45, 7) is 1.95. The van der Waals surface area contributed by atoms with Gasteiger partial charge in [-0.1, -0.05) is 44.1 Å². The molecule has 1 saturated carbocycles. The molecular weight excluding hydrogens is 342 g/mol. The van der Waals surface area contributed by atoms with Gasteiger partial charge < -0.3 is 15.3 Å². The molecule has 26 heavy (non-hydrogen) atoms. The Morgan fingerprint density at radius 1 is 1.31 bits per heavy atom. The molecule has 3 N–H and O–H groups in total.